The van der Waals surface area contributed by atoms with Crippen LogP contribution in [0.15, 0.2) is 53.4 Å². The molecule has 1 saturated heterocycles. The van der Waals surface area contributed by atoms with E-state index in [2.05, 4.69) is 4.72 Å². The maximum absolute atomic E-state index is 13.3. The number of benzene rings is 2. The number of hydrogen-bond donors (Lipinski definition) is 1. The third kappa shape index (κ3) is 4.56. The van der Waals surface area contributed by atoms with Gasteiger partial charge in [0, 0.05) is 19.2 Å². The quantitative estimate of drug-likeness (QED) is 0.850. The number of hydrogen-bond acceptors (Lipinski definition) is 3. The SMILES string of the molecule is CN1CCC(Oc2cc(NS(=O)c3ccccc3)ccc2C(F)(F)F)C1. The van der Waals surface area contributed by atoms with E-state index < -0.39 is 22.7 Å². The van der Waals surface area contributed by atoms with Crippen molar-refractivity contribution in [2.75, 3.05) is 24.9 Å². The van der Waals surface area contributed by atoms with Crippen LogP contribution in [0.4, 0.5) is 18.9 Å². The molecular weight excluding hydrogens is 365 g/mol. The van der Waals surface area contributed by atoms with Gasteiger partial charge in [0.25, 0.3) is 0 Å². The fourth-order valence-corrected chi connectivity index (χ4v) is 3.66. The van der Waals surface area contributed by atoms with Gasteiger partial charge in [0.2, 0.25) is 0 Å². The van der Waals surface area contributed by atoms with E-state index in [1.54, 1.807) is 30.3 Å². The summed E-state index contributed by atoms with van der Waals surface area (Å²) in [5.41, 5.74) is -0.523. The number of likely N-dealkylation sites (N-methyl/N-ethyl adjacent to an activating group) is 1. The zero-order valence-corrected chi connectivity index (χ0v) is 14.9. The van der Waals surface area contributed by atoms with Crippen LogP contribution in [0.2, 0.25) is 0 Å². The molecule has 1 fully saturated rings. The van der Waals surface area contributed by atoms with E-state index in [9.17, 15) is 17.4 Å². The number of likely N-dealkylation sites (tertiary alicyclic amines) is 1. The summed E-state index contributed by atoms with van der Waals surface area (Å²) < 4.78 is 60.5. The topological polar surface area (TPSA) is 41.6 Å². The molecule has 8 heteroatoms. The summed E-state index contributed by atoms with van der Waals surface area (Å²) in [5, 5.41) is 0. The van der Waals surface area contributed by atoms with Gasteiger partial charge in [0.05, 0.1) is 16.1 Å². The molecule has 2 unspecified atom stereocenters. The van der Waals surface area contributed by atoms with Crippen LogP contribution in [-0.4, -0.2) is 35.3 Å². The van der Waals surface area contributed by atoms with E-state index in [4.69, 9.17) is 4.74 Å². The lowest BCUT2D eigenvalue weighted by Crippen LogP contribution is -2.23. The summed E-state index contributed by atoms with van der Waals surface area (Å²) in [4.78, 5) is 2.54. The van der Waals surface area contributed by atoms with E-state index >= 15 is 0 Å². The molecule has 2 atom stereocenters. The molecule has 0 aromatic heterocycles. The maximum atomic E-state index is 13.3. The van der Waals surface area contributed by atoms with Gasteiger partial charge in [-0.1, -0.05) is 18.2 Å². The molecule has 3 rings (SSSR count). The molecule has 0 amide bonds. The van der Waals surface area contributed by atoms with Crippen LogP contribution in [0.3, 0.4) is 0 Å². The minimum Gasteiger partial charge on any atom is -0.488 e. The molecule has 1 heterocycles. The van der Waals surface area contributed by atoms with Gasteiger partial charge in [-0.15, -0.1) is 0 Å². The van der Waals surface area contributed by atoms with Gasteiger partial charge in [0.1, 0.15) is 22.8 Å². The summed E-state index contributed by atoms with van der Waals surface area (Å²) in [6.45, 7) is 1.35. The molecular formula is C18H19F3N2O2S. The number of nitrogens with one attached hydrogen (secondary N) is 1. The third-order valence-electron chi connectivity index (χ3n) is 4.10. The van der Waals surface area contributed by atoms with Crippen LogP contribution >= 0.6 is 0 Å². The number of halogens is 3. The van der Waals surface area contributed by atoms with E-state index in [-0.39, 0.29) is 11.9 Å². The Balaban J connectivity index is 1.83. The molecule has 140 valence electrons. The van der Waals surface area contributed by atoms with E-state index in [0.29, 0.717) is 23.5 Å². The first-order valence-electron chi connectivity index (χ1n) is 8.13. The lowest BCUT2D eigenvalue weighted by Gasteiger charge is -2.19. The van der Waals surface area contributed by atoms with Gasteiger partial charge < -0.3 is 14.4 Å². The number of nitrogens with zero attached hydrogens (tertiary/aromatic N) is 1. The molecule has 0 radical (unpaired) electrons. The summed E-state index contributed by atoms with van der Waals surface area (Å²) in [6, 6.07) is 12.1. The Labute approximate surface area is 152 Å². The van der Waals surface area contributed by atoms with Crippen LogP contribution in [0.1, 0.15) is 12.0 Å². The highest BCUT2D eigenvalue weighted by Crippen LogP contribution is 2.38. The second-order valence-corrected chi connectivity index (χ2v) is 7.40. The lowest BCUT2D eigenvalue weighted by atomic mass is 10.1. The molecule has 0 saturated carbocycles. The standard InChI is InChI=1S/C18H19F3N2O2S/c1-23-10-9-14(12-23)25-17-11-13(7-8-16(17)18(19,20)21)22-26(24)15-5-3-2-4-6-15/h2-8,11,14,22H,9-10,12H2,1H3. The lowest BCUT2D eigenvalue weighted by molar-refractivity contribution is -0.139. The zero-order chi connectivity index (χ0) is 18.7. The predicted octanol–water partition coefficient (Wildman–Crippen LogP) is 3.92. The van der Waals surface area contributed by atoms with Gasteiger partial charge in [-0.2, -0.15) is 13.2 Å². The second kappa shape index (κ2) is 7.67. The monoisotopic (exact) mass is 384 g/mol. The van der Waals surface area contributed by atoms with Crippen molar-refractivity contribution in [1.29, 1.82) is 0 Å². The summed E-state index contributed by atoms with van der Waals surface area (Å²) in [7, 11) is 0.323. The van der Waals surface area contributed by atoms with Crippen LogP contribution in [0, 0.1) is 0 Å². The summed E-state index contributed by atoms with van der Waals surface area (Å²) in [5.74, 6) is -0.243. The first kappa shape index (κ1) is 18.7. The van der Waals surface area contributed by atoms with Crippen LogP contribution < -0.4 is 9.46 Å². The van der Waals surface area contributed by atoms with Gasteiger partial charge >= 0.3 is 6.18 Å². The van der Waals surface area contributed by atoms with Crippen molar-refractivity contribution in [2.45, 2.75) is 23.6 Å². The first-order chi connectivity index (χ1) is 12.3. The fraction of sp³-hybridized carbons (Fsp3) is 0.333. The molecule has 4 nitrogen and oxygen atoms in total. The second-order valence-electron chi connectivity index (χ2n) is 6.18. The molecule has 0 aliphatic carbocycles. The average molecular weight is 384 g/mol. The van der Waals surface area contributed by atoms with Gasteiger partial charge in [-0.05, 0) is 37.7 Å². The minimum absolute atomic E-state index is 0.243. The molecule has 2 aromatic carbocycles. The Morgan fingerprint density at radius 1 is 1.19 bits per heavy atom. The van der Waals surface area contributed by atoms with Crippen molar-refractivity contribution in [3.8, 4) is 5.75 Å². The Morgan fingerprint density at radius 2 is 1.92 bits per heavy atom. The van der Waals surface area contributed by atoms with Gasteiger partial charge in [0.15, 0.2) is 0 Å². The summed E-state index contributed by atoms with van der Waals surface area (Å²) in [6.07, 6.45) is -4.14. The fourth-order valence-electron chi connectivity index (χ4n) is 2.80. The Morgan fingerprint density at radius 3 is 2.54 bits per heavy atom. The van der Waals surface area contributed by atoms with Crippen LogP contribution in [-0.2, 0) is 17.2 Å². The third-order valence-corrected chi connectivity index (χ3v) is 5.22. The van der Waals surface area contributed by atoms with Crippen molar-refractivity contribution in [2.24, 2.45) is 0 Å². The Hall–Kier alpha value is -2.06. The molecule has 1 N–H and O–H groups in total. The van der Waals surface area contributed by atoms with Gasteiger partial charge in [-0.3, -0.25) is 0 Å². The van der Waals surface area contributed by atoms with Gasteiger partial charge in [-0.25, -0.2) is 4.21 Å². The van der Waals surface area contributed by atoms with Crippen molar-refractivity contribution in [1.82, 2.24) is 4.90 Å². The first-order valence-corrected chi connectivity index (χ1v) is 9.28. The number of anilines is 1. The zero-order valence-electron chi connectivity index (χ0n) is 14.1. The number of ether oxygens (including phenoxy) is 1. The van der Waals surface area contributed by atoms with Crippen molar-refractivity contribution >= 4 is 16.7 Å². The molecule has 0 bridgehead atoms. The number of alkyl halides is 3. The number of rotatable bonds is 5. The maximum Gasteiger partial charge on any atom is 0.419 e. The average Bonchev–Trinajstić information content (AvgIpc) is 2.99. The summed E-state index contributed by atoms with van der Waals surface area (Å²) >= 11 is 0. The van der Waals surface area contributed by atoms with Crippen LogP contribution in [0.5, 0.6) is 5.75 Å². The Kier molecular flexibility index (Phi) is 5.52. The minimum atomic E-state index is -4.52. The predicted molar refractivity (Wildman–Crippen MR) is 94.4 cm³/mol. The van der Waals surface area contributed by atoms with Crippen molar-refractivity contribution in [3.05, 3.63) is 54.1 Å². The van der Waals surface area contributed by atoms with E-state index in [1.807, 2.05) is 11.9 Å². The molecule has 1 aliphatic rings. The highest BCUT2D eigenvalue weighted by molar-refractivity contribution is 7.86. The highest BCUT2D eigenvalue weighted by atomic mass is 32.2. The largest absolute Gasteiger partial charge is 0.488 e. The van der Waals surface area contributed by atoms with E-state index in [0.717, 1.165) is 12.6 Å². The van der Waals surface area contributed by atoms with E-state index in [1.165, 1.54) is 12.1 Å². The van der Waals surface area contributed by atoms with Crippen molar-refractivity contribution < 1.29 is 22.1 Å². The Bertz CT molecular complexity index is 784. The van der Waals surface area contributed by atoms with Crippen molar-refractivity contribution in [3.63, 3.8) is 0 Å². The molecule has 2 aromatic rings. The molecule has 0 spiro atoms. The smallest absolute Gasteiger partial charge is 0.419 e. The highest BCUT2D eigenvalue weighted by Gasteiger charge is 2.35. The van der Waals surface area contributed by atoms with Crippen LogP contribution in [0.25, 0.3) is 0 Å². The normalized spacial score (nSPS) is 19.3. The molecule has 1 aliphatic heterocycles. The molecule has 26 heavy (non-hydrogen) atoms.